The predicted molar refractivity (Wildman–Crippen MR) is 77.6 cm³/mol. The summed E-state index contributed by atoms with van der Waals surface area (Å²) in [7, 11) is 0. The van der Waals surface area contributed by atoms with Crippen LogP contribution in [-0.4, -0.2) is 23.8 Å². The summed E-state index contributed by atoms with van der Waals surface area (Å²) in [6.45, 7) is 2.88. The van der Waals surface area contributed by atoms with E-state index in [2.05, 4.69) is 5.32 Å². The van der Waals surface area contributed by atoms with E-state index in [4.69, 9.17) is 15.7 Å². The molecular weight excluding hydrogens is 286 g/mol. The number of nitrogens with zero attached hydrogens (tertiary/aromatic N) is 1. The van der Waals surface area contributed by atoms with E-state index in [0.29, 0.717) is 0 Å². The van der Waals surface area contributed by atoms with Crippen molar-refractivity contribution in [2.24, 2.45) is 11.7 Å². The Hall–Kier alpha value is -2.88. The number of carbonyl (C=O) groups excluding carboxylic acids is 3. The number of nitrogens with one attached hydrogen (secondary N) is 1. The maximum absolute atomic E-state index is 12.1. The summed E-state index contributed by atoms with van der Waals surface area (Å²) >= 11 is 0. The third-order valence-corrected chi connectivity index (χ3v) is 2.82. The van der Waals surface area contributed by atoms with Crippen LogP contribution in [0.25, 0.3) is 0 Å². The van der Waals surface area contributed by atoms with Gasteiger partial charge in [-0.05, 0) is 31.5 Å². The van der Waals surface area contributed by atoms with Crippen LogP contribution >= 0.6 is 0 Å². The van der Waals surface area contributed by atoms with Crippen molar-refractivity contribution >= 4 is 17.8 Å². The third kappa shape index (κ3) is 5.25. The number of ether oxygens (including phenoxy) is 1. The smallest absolute Gasteiger partial charge is 0.308 e. The van der Waals surface area contributed by atoms with E-state index in [0.717, 1.165) is 0 Å². The number of hydrogen-bond acceptors (Lipinski definition) is 5. The highest BCUT2D eigenvalue weighted by Gasteiger charge is 2.21. The van der Waals surface area contributed by atoms with Gasteiger partial charge >= 0.3 is 5.97 Å². The normalized spacial score (nSPS) is 12.6. The quantitative estimate of drug-likeness (QED) is 0.593. The van der Waals surface area contributed by atoms with E-state index in [1.54, 1.807) is 13.0 Å². The van der Waals surface area contributed by atoms with Gasteiger partial charge in [0.2, 0.25) is 5.91 Å². The molecule has 0 aliphatic rings. The minimum Gasteiger partial charge on any atom is -0.427 e. The topological polar surface area (TPSA) is 122 Å². The van der Waals surface area contributed by atoms with Gasteiger partial charge in [-0.3, -0.25) is 14.4 Å². The van der Waals surface area contributed by atoms with Gasteiger partial charge in [-0.1, -0.05) is 6.07 Å². The lowest BCUT2D eigenvalue weighted by atomic mass is 10.0. The second-order valence-corrected chi connectivity index (χ2v) is 4.82. The largest absolute Gasteiger partial charge is 0.427 e. The Morgan fingerprint density at radius 3 is 2.64 bits per heavy atom. The van der Waals surface area contributed by atoms with Crippen molar-refractivity contribution < 1.29 is 19.1 Å². The fraction of sp³-hybridized carbons (Fsp3) is 0.333. The van der Waals surface area contributed by atoms with E-state index in [-0.39, 0.29) is 17.7 Å². The van der Waals surface area contributed by atoms with Crippen LogP contribution < -0.4 is 15.8 Å². The number of nitrogens with two attached hydrogens (primary N) is 1. The molecule has 3 N–H and O–H groups in total. The average Bonchev–Trinajstić information content (AvgIpc) is 2.45. The van der Waals surface area contributed by atoms with Gasteiger partial charge in [-0.15, -0.1) is 0 Å². The van der Waals surface area contributed by atoms with E-state index < -0.39 is 29.7 Å². The van der Waals surface area contributed by atoms with Gasteiger partial charge in [0.25, 0.3) is 5.91 Å². The molecule has 7 heteroatoms. The highest BCUT2D eigenvalue weighted by atomic mass is 16.5. The molecule has 2 amide bonds. The number of hydrogen-bond donors (Lipinski definition) is 2. The number of nitriles is 1. The van der Waals surface area contributed by atoms with Crippen LogP contribution in [0.2, 0.25) is 0 Å². The van der Waals surface area contributed by atoms with Crippen molar-refractivity contribution in [3.8, 4) is 11.8 Å². The van der Waals surface area contributed by atoms with E-state index >= 15 is 0 Å². The highest BCUT2D eigenvalue weighted by molar-refractivity contribution is 5.97. The number of rotatable bonds is 6. The predicted octanol–water partition coefficient (Wildman–Crippen LogP) is 0.745. The lowest BCUT2D eigenvalue weighted by molar-refractivity contribution is -0.131. The first-order chi connectivity index (χ1) is 10.3. The SMILES string of the molecule is CC(=O)Oc1cccc(C(=O)N[C@H](C[C@@H](C)C#N)C(N)=O)c1. The first kappa shape index (κ1) is 17.2. The molecule has 0 spiro atoms. The molecule has 0 aliphatic carbocycles. The first-order valence-electron chi connectivity index (χ1n) is 6.61. The Labute approximate surface area is 128 Å². The van der Waals surface area contributed by atoms with E-state index in [1.807, 2.05) is 6.07 Å². The summed E-state index contributed by atoms with van der Waals surface area (Å²) in [5, 5.41) is 11.2. The van der Waals surface area contributed by atoms with Crippen molar-refractivity contribution in [2.75, 3.05) is 0 Å². The molecule has 0 aliphatic heterocycles. The van der Waals surface area contributed by atoms with Crippen LogP contribution in [0, 0.1) is 17.2 Å². The standard InChI is InChI=1S/C15H17N3O4/c1-9(8-16)6-13(14(17)20)18-15(21)11-4-3-5-12(7-11)22-10(2)19/h3-5,7,9,13H,6H2,1-2H3,(H2,17,20)(H,18,21)/t9-,13-/m1/s1. The second kappa shape index (κ2) is 7.78. The molecule has 0 unspecified atom stereocenters. The molecule has 1 aromatic rings. The van der Waals surface area contributed by atoms with Gasteiger partial charge in [0.05, 0.1) is 6.07 Å². The summed E-state index contributed by atoms with van der Waals surface area (Å²) in [6, 6.07) is 6.99. The summed E-state index contributed by atoms with van der Waals surface area (Å²) < 4.78 is 4.89. The highest BCUT2D eigenvalue weighted by Crippen LogP contribution is 2.14. The van der Waals surface area contributed by atoms with E-state index in [9.17, 15) is 14.4 Å². The van der Waals surface area contributed by atoms with Crippen LogP contribution in [0.1, 0.15) is 30.6 Å². The van der Waals surface area contributed by atoms with Gasteiger partial charge in [-0.25, -0.2) is 0 Å². The number of carbonyl (C=O) groups is 3. The molecule has 0 saturated heterocycles. The van der Waals surface area contributed by atoms with Crippen LogP contribution in [0.15, 0.2) is 24.3 Å². The zero-order valence-corrected chi connectivity index (χ0v) is 12.3. The molecule has 0 bridgehead atoms. The molecule has 22 heavy (non-hydrogen) atoms. The summed E-state index contributed by atoms with van der Waals surface area (Å²) in [6.07, 6.45) is 0.126. The molecule has 0 heterocycles. The summed E-state index contributed by atoms with van der Waals surface area (Å²) in [5.41, 5.74) is 5.45. The van der Waals surface area contributed by atoms with Crippen molar-refractivity contribution in [3.63, 3.8) is 0 Å². The van der Waals surface area contributed by atoms with Crippen molar-refractivity contribution in [2.45, 2.75) is 26.3 Å². The Bertz CT molecular complexity index is 621. The lowest BCUT2D eigenvalue weighted by Gasteiger charge is -2.16. The Balaban J connectivity index is 2.84. The molecule has 0 fully saturated rings. The van der Waals surface area contributed by atoms with Crippen LogP contribution in [0.4, 0.5) is 0 Å². The molecular formula is C15H17N3O4. The molecule has 1 aromatic carbocycles. The Morgan fingerprint density at radius 2 is 2.09 bits per heavy atom. The second-order valence-electron chi connectivity index (χ2n) is 4.82. The summed E-state index contributed by atoms with van der Waals surface area (Å²) in [5.74, 6) is -1.96. The fourth-order valence-electron chi connectivity index (χ4n) is 1.76. The van der Waals surface area contributed by atoms with Gasteiger partial charge in [0, 0.05) is 18.4 Å². The molecule has 116 valence electrons. The maximum atomic E-state index is 12.1. The molecule has 0 radical (unpaired) electrons. The number of primary amides is 1. The Kier molecular flexibility index (Phi) is 6.08. The van der Waals surface area contributed by atoms with Gasteiger partial charge in [0.15, 0.2) is 0 Å². The van der Waals surface area contributed by atoms with Gasteiger partial charge in [0.1, 0.15) is 11.8 Å². The number of benzene rings is 1. The van der Waals surface area contributed by atoms with Crippen molar-refractivity contribution in [3.05, 3.63) is 29.8 Å². The summed E-state index contributed by atoms with van der Waals surface area (Å²) in [4.78, 5) is 34.4. The van der Waals surface area contributed by atoms with Crippen LogP contribution in [-0.2, 0) is 9.59 Å². The molecule has 0 aromatic heterocycles. The Morgan fingerprint density at radius 1 is 1.41 bits per heavy atom. The maximum Gasteiger partial charge on any atom is 0.308 e. The lowest BCUT2D eigenvalue weighted by Crippen LogP contribution is -2.45. The molecule has 1 rings (SSSR count). The van der Waals surface area contributed by atoms with Crippen LogP contribution in [0.3, 0.4) is 0 Å². The fourth-order valence-corrected chi connectivity index (χ4v) is 1.76. The number of amides is 2. The molecule has 0 saturated carbocycles. The molecule has 2 atom stereocenters. The third-order valence-electron chi connectivity index (χ3n) is 2.82. The zero-order valence-electron chi connectivity index (χ0n) is 12.3. The zero-order chi connectivity index (χ0) is 16.7. The van der Waals surface area contributed by atoms with Crippen molar-refractivity contribution in [1.29, 1.82) is 5.26 Å². The van der Waals surface area contributed by atoms with Crippen LogP contribution in [0.5, 0.6) is 5.75 Å². The average molecular weight is 303 g/mol. The minimum atomic E-state index is -0.945. The van der Waals surface area contributed by atoms with Gasteiger partial charge < -0.3 is 15.8 Å². The molecule has 7 nitrogen and oxygen atoms in total. The first-order valence-corrected chi connectivity index (χ1v) is 6.61. The van der Waals surface area contributed by atoms with Crippen molar-refractivity contribution in [1.82, 2.24) is 5.32 Å². The minimum absolute atomic E-state index is 0.126. The number of esters is 1. The van der Waals surface area contributed by atoms with Gasteiger partial charge in [-0.2, -0.15) is 5.26 Å². The van der Waals surface area contributed by atoms with E-state index in [1.165, 1.54) is 25.1 Å². The monoisotopic (exact) mass is 303 g/mol.